The van der Waals surface area contributed by atoms with Crippen molar-refractivity contribution in [1.82, 2.24) is 48.9 Å². The fraction of sp³-hybridized carbons (Fsp3) is 0.379. The molecule has 4 aromatic rings. The van der Waals surface area contributed by atoms with Crippen molar-refractivity contribution < 1.29 is 64.5 Å². The van der Waals surface area contributed by atoms with Gasteiger partial charge in [0.1, 0.15) is 24.3 Å². The molecule has 0 radical (unpaired) electrons. The van der Waals surface area contributed by atoms with Crippen molar-refractivity contribution in [1.29, 1.82) is 0 Å². The molecule has 6 heterocycles. The second-order valence-electron chi connectivity index (χ2n) is 11.3. The normalized spacial score (nSPS) is 13.5. The summed E-state index contributed by atoms with van der Waals surface area (Å²) in [6.07, 6.45) is 0. The summed E-state index contributed by atoms with van der Waals surface area (Å²) in [6.45, 7) is 2.32. The van der Waals surface area contributed by atoms with Crippen LogP contribution >= 0.6 is 11.6 Å². The predicted octanol–water partition coefficient (Wildman–Crippen LogP) is -0.146. The summed E-state index contributed by atoms with van der Waals surface area (Å²) in [5.41, 5.74) is 0.249. The van der Waals surface area contributed by atoms with Crippen LogP contribution in [0.3, 0.4) is 0 Å². The smallest absolute Gasteiger partial charge is 0.335 e. The molecule has 31 heteroatoms. The second kappa shape index (κ2) is 18.8. The van der Waals surface area contributed by atoms with Gasteiger partial charge in [-0.3, -0.25) is 20.0 Å². The number of hydrogen-bond donors (Lipinski definition) is 4. The van der Waals surface area contributed by atoms with E-state index in [9.17, 15) is 26.4 Å². The minimum absolute atomic E-state index is 0.0477. The number of nitrogens with zero attached hydrogens (tertiary/aromatic N) is 10. The van der Waals surface area contributed by atoms with Gasteiger partial charge in [0.2, 0.25) is 35.4 Å². The average Bonchev–Trinajstić information content (AvgIpc) is 3.70. The summed E-state index contributed by atoms with van der Waals surface area (Å²) in [7, 11) is -0.723. The van der Waals surface area contributed by atoms with E-state index in [-0.39, 0.29) is 94.9 Å². The first kappa shape index (κ1) is 44.2. The molecule has 0 saturated carbocycles. The van der Waals surface area contributed by atoms with E-state index in [1.807, 2.05) is 9.44 Å². The number of urea groups is 2. The van der Waals surface area contributed by atoms with Crippen LogP contribution in [0.15, 0.2) is 32.5 Å². The van der Waals surface area contributed by atoms with Gasteiger partial charge >= 0.3 is 12.1 Å². The summed E-state index contributed by atoms with van der Waals surface area (Å²) in [5.74, 6) is -0.311. The quantitative estimate of drug-likeness (QED) is 0.144. The van der Waals surface area contributed by atoms with Crippen molar-refractivity contribution in [2.24, 2.45) is 24.4 Å². The molecule has 4 aromatic heterocycles. The molecule has 0 bridgehead atoms. The van der Waals surface area contributed by atoms with E-state index in [2.05, 4.69) is 51.1 Å². The average molecular weight is 903 g/mol. The number of carbonyl (C=O) groups excluding carboxylic acids is 2. The highest BCUT2D eigenvalue weighted by Crippen LogP contribution is 2.26. The lowest BCUT2D eigenvalue weighted by atomic mass is 10.2. The molecule has 0 aliphatic carbocycles. The Labute approximate surface area is 344 Å². The van der Waals surface area contributed by atoms with Crippen molar-refractivity contribution in [3.05, 3.63) is 34.1 Å². The zero-order valence-electron chi connectivity index (χ0n) is 32.4. The number of oxime groups is 2. The highest BCUT2D eigenvalue weighted by Gasteiger charge is 2.34. The van der Waals surface area contributed by atoms with Crippen LogP contribution in [0.4, 0.5) is 21.5 Å². The van der Waals surface area contributed by atoms with Crippen molar-refractivity contribution in [2.75, 3.05) is 65.5 Å². The lowest BCUT2D eigenvalue weighted by Crippen LogP contribution is -2.36. The Hall–Kier alpha value is -6.95. The number of anilines is 2. The van der Waals surface area contributed by atoms with Crippen LogP contribution in [0.5, 0.6) is 23.5 Å². The van der Waals surface area contributed by atoms with Crippen LogP contribution in [0, 0.1) is 6.92 Å². The van der Waals surface area contributed by atoms with Gasteiger partial charge in [-0.15, -0.1) is 0 Å². The lowest BCUT2D eigenvalue weighted by Gasteiger charge is -2.15. The molecule has 0 atom stereocenters. The minimum Gasteiger partial charge on any atom is -0.481 e. The topological polar surface area (TPSA) is 336 Å². The molecule has 2 aliphatic rings. The Morgan fingerprint density at radius 2 is 1.03 bits per heavy atom. The molecule has 60 heavy (non-hydrogen) atoms. The number of rotatable bonds is 12. The molecule has 324 valence electrons. The molecule has 28 nitrogen and oxygen atoms in total. The Morgan fingerprint density at radius 3 is 1.42 bits per heavy atom. The molecule has 0 aromatic carbocycles. The zero-order chi connectivity index (χ0) is 43.8. The maximum Gasteiger partial charge on any atom is 0.335 e. The molecule has 4 amide bonds. The number of hydrogen-bond acceptors (Lipinski definition) is 22. The van der Waals surface area contributed by atoms with Crippen LogP contribution in [0.1, 0.15) is 16.8 Å². The zero-order valence-corrected chi connectivity index (χ0v) is 34.8. The van der Waals surface area contributed by atoms with Gasteiger partial charge in [0, 0.05) is 14.1 Å². The van der Waals surface area contributed by atoms with Crippen LogP contribution in [0.2, 0.25) is 5.15 Å². The van der Waals surface area contributed by atoms with Crippen LogP contribution < -0.4 is 39.0 Å². The summed E-state index contributed by atoms with van der Waals surface area (Å²) < 4.78 is 87.8. The molecule has 6 rings (SSSR count). The van der Waals surface area contributed by atoms with Crippen LogP contribution in [0.25, 0.3) is 0 Å². The van der Waals surface area contributed by atoms with Gasteiger partial charge in [-0.2, -0.15) is 47.0 Å². The van der Waals surface area contributed by atoms with E-state index in [0.29, 0.717) is 5.69 Å². The Bertz CT molecular complexity index is 2330. The fourth-order valence-corrected chi connectivity index (χ4v) is 7.79. The Kier molecular flexibility index (Phi) is 13.8. The molecular weight excluding hydrogens is 868 g/mol. The number of carbonyl (C=O) groups is 2. The van der Waals surface area contributed by atoms with E-state index in [0.717, 1.165) is 9.36 Å². The van der Waals surface area contributed by atoms with Crippen molar-refractivity contribution in [3.63, 3.8) is 0 Å². The molecule has 0 spiro atoms. The number of aromatic nitrogens is 8. The first-order valence-electron chi connectivity index (χ1n) is 16.5. The van der Waals surface area contributed by atoms with E-state index in [4.69, 9.17) is 49.7 Å². The van der Waals surface area contributed by atoms with E-state index in [1.54, 1.807) is 6.92 Å². The number of nitrogens with one attached hydrogen (secondary N) is 4. The highest BCUT2D eigenvalue weighted by molar-refractivity contribution is 7.90. The van der Waals surface area contributed by atoms with E-state index in [1.165, 1.54) is 54.7 Å². The second-order valence-corrected chi connectivity index (χ2v) is 14.9. The monoisotopic (exact) mass is 902 g/mol. The number of sulfonamides is 2. The van der Waals surface area contributed by atoms with Gasteiger partial charge in [0.05, 0.1) is 46.3 Å². The van der Waals surface area contributed by atoms with Crippen LogP contribution in [-0.4, -0.2) is 135 Å². The van der Waals surface area contributed by atoms with Crippen LogP contribution in [-0.2, 0) is 53.3 Å². The van der Waals surface area contributed by atoms with Crippen molar-refractivity contribution in [3.8, 4) is 23.5 Å². The molecule has 4 N–H and O–H groups in total. The third kappa shape index (κ3) is 10.4. The van der Waals surface area contributed by atoms with Gasteiger partial charge in [-0.25, -0.2) is 19.0 Å². The third-order valence-electron chi connectivity index (χ3n) is 7.28. The molecule has 0 unspecified atom stereocenters. The van der Waals surface area contributed by atoms with Gasteiger partial charge in [-0.05, 0) is 17.2 Å². The summed E-state index contributed by atoms with van der Waals surface area (Å²) in [5, 5.41) is 18.7. The first-order chi connectivity index (χ1) is 28.5. The third-order valence-corrected chi connectivity index (χ3v) is 10.4. The summed E-state index contributed by atoms with van der Waals surface area (Å²) in [4.78, 5) is 50.1. The first-order valence-corrected chi connectivity index (χ1v) is 19.9. The maximum atomic E-state index is 12.9. The Morgan fingerprint density at radius 1 is 0.650 bits per heavy atom. The number of amides is 4. The summed E-state index contributed by atoms with van der Waals surface area (Å²) in [6, 6.07) is 0.489. The standard InChI is InChI=1S/C15H19N7O7S.C14H16ClN7O7S/c1-8-11(12-20-29-6-5-28-12)13(22(2)19-8)30(24,25)21-15(23)18-14-16-9(26-3)7-10(17-14)27-4;1-22-12(9(10(15)19-22)11-20-29-5-4-28-11)30(24,25)21-14(23)18-13-16-7(26-2)6-8(17-13)27-3/h7H,5-6H2,1-4H3,(H2,16,17,18,21,23);6H,4-5H2,1-3H3,(H2,16,17,18,21,23). The molecular formula is C29H35ClN14O14S2. The van der Waals surface area contributed by atoms with E-state index < -0.39 is 37.1 Å². The minimum atomic E-state index is -4.48. The maximum absolute atomic E-state index is 12.9. The molecule has 0 fully saturated rings. The lowest BCUT2D eigenvalue weighted by molar-refractivity contribution is 0.0653. The highest BCUT2D eigenvalue weighted by atomic mass is 35.5. The predicted molar refractivity (Wildman–Crippen MR) is 202 cm³/mol. The summed E-state index contributed by atoms with van der Waals surface area (Å²) >= 11 is 6.03. The van der Waals surface area contributed by atoms with Gasteiger partial charge in [0.15, 0.2) is 28.4 Å². The van der Waals surface area contributed by atoms with Gasteiger partial charge < -0.3 is 38.1 Å². The van der Waals surface area contributed by atoms with Gasteiger partial charge in [0.25, 0.3) is 31.8 Å². The van der Waals surface area contributed by atoms with Gasteiger partial charge in [-0.1, -0.05) is 11.6 Å². The largest absolute Gasteiger partial charge is 0.481 e. The van der Waals surface area contributed by atoms with Crippen molar-refractivity contribution in [2.45, 2.75) is 17.0 Å². The SMILES string of the molecule is COc1cc(OC)nc(NC(=O)NS(=O)(=O)c2c(C3=NOCCO3)c(C)nn2C)n1.COc1cc(OC)nc(NC(=O)NS(=O)(=O)c2c(C3=NOCCO3)c(Cl)nn2C)n1. The molecule has 0 saturated heterocycles. The number of halogens is 1. The number of methoxy groups -OCH3 is 4. The number of ether oxygens (including phenoxy) is 6. The molecule has 2 aliphatic heterocycles. The van der Waals surface area contributed by atoms with E-state index >= 15 is 0 Å². The Balaban J connectivity index is 0.000000228. The fourth-order valence-electron chi connectivity index (χ4n) is 4.94. The number of aryl methyl sites for hydroxylation is 3. The van der Waals surface area contributed by atoms with Crippen molar-refractivity contribution >= 4 is 67.4 Å².